The van der Waals surface area contributed by atoms with Crippen LogP contribution in [0.15, 0.2) is 24.3 Å². The van der Waals surface area contributed by atoms with E-state index in [4.69, 9.17) is 9.47 Å². The minimum Gasteiger partial charge on any atom is -0.378 e. The molecule has 0 saturated heterocycles. The number of aryl methyl sites for hydroxylation is 1. The second-order valence-electron chi connectivity index (χ2n) is 4.61. The van der Waals surface area contributed by atoms with Gasteiger partial charge in [-0.15, -0.1) is 0 Å². The maximum absolute atomic E-state index is 5.37. The van der Waals surface area contributed by atoms with Gasteiger partial charge >= 0.3 is 0 Å². The number of aromatic nitrogens is 2. The topological polar surface area (TPSA) is 47.1 Å². The molecule has 2 rings (SSSR count). The van der Waals surface area contributed by atoms with Crippen molar-refractivity contribution in [2.24, 2.45) is 0 Å². The summed E-state index contributed by atoms with van der Waals surface area (Å²) in [6, 6.07) is 8.35. The molecule has 0 aliphatic carbocycles. The van der Waals surface area contributed by atoms with Crippen LogP contribution in [0.1, 0.15) is 30.0 Å². The number of benzene rings is 1. The SMILES string of the molecule is COCc1n[nH]c(C)c1-c1cccc([C@H](C)OC)c1. The van der Waals surface area contributed by atoms with Gasteiger partial charge in [-0.1, -0.05) is 18.2 Å². The molecule has 0 amide bonds. The standard InChI is InChI=1S/C15H20N2O2/c1-10-15(14(9-18-3)17-16-10)13-7-5-6-12(8-13)11(2)19-4/h5-8,11H,9H2,1-4H3,(H,16,17)/t11-/m0/s1. The quantitative estimate of drug-likeness (QED) is 0.897. The van der Waals surface area contributed by atoms with Crippen LogP contribution in [0, 0.1) is 6.92 Å². The van der Waals surface area contributed by atoms with Crippen molar-refractivity contribution in [3.63, 3.8) is 0 Å². The maximum Gasteiger partial charge on any atom is 0.0960 e. The van der Waals surface area contributed by atoms with Crippen LogP contribution in [0.4, 0.5) is 0 Å². The molecule has 4 nitrogen and oxygen atoms in total. The van der Waals surface area contributed by atoms with Gasteiger partial charge in [-0.05, 0) is 31.0 Å². The van der Waals surface area contributed by atoms with Crippen molar-refractivity contribution in [1.29, 1.82) is 0 Å². The molecule has 1 heterocycles. The number of hydrogen-bond donors (Lipinski definition) is 1. The Labute approximate surface area is 113 Å². The molecule has 19 heavy (non-hydrogen) atoms. The Balaban J connectivity index is 2.44. The predicted molar refractivity (Wildman–Crippen MR) is 74.9 cm³/mol. The molecule has 1 N–H and O–H groups in total. The average molecular weight is 260 g/mol. The van der Waals surface area contributed by atoms with E-state index in [1.165, 1.54) is 0 Å². The number of nitrogens with zero attached hydrogens (tertiary/aromatic N) is 1. The number of ether oxygens (including phenoxy) is 2. The predicted octanol–water partition coefficient (Wildman–Crippen LogP) is 3.24. The number of H-pyrrole nitrogens is 1. The summed E-state index contributed by atoms with van der Waals surface area (Å²) >= 11 is 0. The van der Waals surface area contributed by atoms with E-state index in [2.05, 4.69) is 28.4 Å². The van der Waals surface area contributed by atoms with E-state index in [0.717, 1.165) is 28.1 Å². The molecule has 2 aromatic rings. The van der Waals surface area contributed by atoms with Crippen LogP contribution in [0.25, 0.3) is 11.1 Å². The van der Waals surface area contributed by atoms with E-state index >= 15 is 0 Å². The lowest BCUT2D eigenvalue weighted by Gasteiger charge is -2.12. The summed E-state index contributed by atoms with van der Waals surface area (Å²) in [6.07, 6.45) is 0.0815. The number of hydrogen-bond acceptors (Lipinski definition) is 3. The first-order valence-corrected chi connectivity index (χ1v) is 6.33. The second kappa shape index (κ2) is 5.99. The molecular formula is C15H20N2O2. The van der Waals surface area contributed by atoms with E-state index in [1.807, 2.05) is 19.9 Å². The molecule has 0 unspecified atom stereocenters. The highest BCUT2D eigenvalue weighted by atomic mass is 16.5. The summed E-state index contributed by atoms with van der Waals surface area (Å²) in [7, 11) is 3.40. The van der Waals surface area contributed by atoms with Crippen LogP contribution in [0.2, 0.25) is 0 Å². The number of methoxy groups -OCH3 is 2. The van der Waals surface area contributed by atoms with Gasteiger partial charge in [0.2, 0.25) is 0 Å². The van der Waals surface area contributed by atoms with Crippen LogP contribution in [0.5, 0.6) is 0 Å². The fraction of sp³-hybridized carbons (Fsp3) is 0.400. The van der Waals surface area contributed by atoms with Gasteiger partial charge in [0.25, 0.3) is 0 Å². The van der Waals surface area contributed by atoms with Crippen LogP contribution in [0.3, 0.4) is 0 Å². The van der Waals surface area contributed by atoms with Gasteiger partial charge < -0.3 is 9.47 Å². The Bertz CT molecular complexity index is 549. The number of nitrogens with one attached hydrogen (secondary N) is 1. The van der Waals surface area contributed by atoms with Crippen molar-refractivity contribution in [3.05, 3.63) is 41.2 Å². The molecule has 1 atom stereocenters. The van der Waals surface area contributed by atoms with Crippen molar-refractivity contribution in [2.45, 2.75) is 26.6 Å². The van der Waals surface area contributed by atoms with E-state index in [9.17, 15) is 0 Å². The molecule has 4 heteroatoms. The van der Waals surface area contributed by atoms with Crippen molar-refractivity contribution < 1.29 is 9.47 Å². The Hall–Kier alpha value is -1.65. The average Bonchev–Trinajstić information content (AvgIpc) is 2.79. The summed E-state index contributed by atoms with van der Waals surface area (Å²) in [5, 5.41) is 7.32. The van der Waals surface area contributed by atoms with Gasteiger partial charge in [0.15, 0.2) is 0 Å². The zero-order valence-corrected chi connectivity index (χ0v) is 11.9. The fourth-order valence-corrected chi connectivity index (χ4v) is 2.19. The molecular weight excluding hydrogens is 240 g/mol. The van der Waals surface area contributed by atoms with Gasteiger partial charge in [0, 0.05) is 25.5 Å². The third-order valence-electron chi connectivity index (χ3n) is 3.30. The monoisotopic (exact) mass is 260 g/mol. The number of aromatic amines is 1. The van der Waals surface area contributed by atoms with Crippen LogP contribution >= 0.6 is 0 Å². The molecule has 0 radical (unpaired) electrons. The highest BCUT2D eigenvalue weighted by Gasteiger charge is 2.13. The first-order valence-electron chi connectivity index (χ1n) is 6.33. The van der Waals surface area contributed by atoms with E-state index < -0.39 is 0 Å². The summed E-state index contributed by atoms with van der Waals surface area (Å²) in [6.45, 7) is 4.56. The smallest absolute Gasteiger partial charge is 0.0960 e. The van der Waals surface area contributed by atoms with Crippen LogP contribution < -0.4 is 0 Å². The summed E-state index contributed by atoms with van der Waals surface area (Å²) < 4.78 is 10.6. The molecule has 1 aromatic carbocycles. The highest BCUT2D eigenvalue weighted by Crippen LogP contribution is 2.29. The van der Waals surface area contributed by atoms with Crippen molar-refractivity contribution >= 4 is 0 Å². The normalized spacial score (nSPS) is 12.6. The Morgan fingerprint density at radius 2 is 2.11 bits per heavy atom. The molecule has 0 bridgehead atoms. The zero-order valence-electron chi connectivity index (χ0n) is 11.9. The van der Waals surface area contributed by atoms with E-state index in [0.29, 0.717) is 6.61 Å². The lowest BCUT2D eigenvalue weighted by atomic mass is 9.99. The van der Waals surface area contributed by atoms with Gasteiger partial charge in [-0.25, -0.2) is 0 Å². The molecule has 0 aliphatic heterocycles. The molecule has 0 saturated carbocycles. The molecule has 102 valence electrons. The van der Waals surface area contributed by atoms with Crippen molar-refractivity contribution in [1.82, 2.24) is 10.2 Å². The van der Waals surface area contributed by atoms with Crippen molar-refractivity contribution in [2.75, 3.05) is 14.2 Å². The lowest BCUT2D eigenvalue weighted by Crippen LogP contribution is -1.97. The number of rotatable bonds is 5. The van der Waals surface area contributed by atoms with Crippen LogP contribution in [-0.2, 0) is 16.1 Å². The third kappa shape index (κ3) is 2.85. The van der Waals surface area contributed by atoms with E-state index in [-0.39, 0.29) is 6.10 Å². The highest BCUT2D eigenvalue weighted by molar-refractivity contribution is 5.69. The fourth-order valence-electron chi connectivity index (χ4n) is 2.19. The molecule has 0 aliphatic rings. The van der Waals surface area contributed by atoms with Gasteiger partial charge in [0.05, 0.1) is 18.4 Å². The van der Waals surface area contributed by atoms with Gasteiger partial charge in [0.1, 0.15) is 0 Å². The largest absolute Gasteiger partial charge is 0.378 e. The van der Waals surface area contributed by atoms with Gasteiger partial charge in [-0.3, -0.25) is 5.10 Å². The summed E-state index contributed by atoms with van der Waals surface area (Å²) in [5.41, 5.74) is 5.40. The first-order chi connectivity index (χ1) is 9.17. The summed E-state index contributed by atoms with van der Waals surface area (Å²) in [4.78, 5) is 0. The zero-order chi connectivity index (χ0) is 13.8. The first kappa shape index (κ1) is 13.8. The maximum atomic E-state index is 5.37. The minimum absolute atomic E-state index is 0.0815. The molecule has 0 fully saturated rings. The van der Waals surface area contributed by atoms with Gasteiger partial charge in [-0.2, -0.15) is 5.10 Å². The lowest BCUT2D eigenvalue weighted by molar-refractivity contribution is 0.119. The second-order valence-corrected chi connectivity index (χ2v) is 4.61. The molecule has 1 aromatic heterocycles. The van der Waals surface area contributed by atoms with Crippen molar-refractivity contribution in [3.8, 4) is 11.1 Å². The Kier molecular flexibility index (Phi) is 4.35. The Morgan fingerprint density at radius 1 is 1.32 bits per heavy atom. The summed E-state index contributed by atoms with van der Waals surface area (Å²) in [5.74, 6) is 0. The third-order valence-corrected chi connectivity index (χ3v) is 3.30. The minimum atomic E-state index is 0.0815. The molecule has 0 spiro atoms. The Morgan fingerprint density at radius 3 is 2.79 bits per heavy atom. The van der Waals surface area contributed by atoms with Crippen LogP contribution in [-0.4, -0.2) is 24.4 Å². The van der Waals surface area contributed by atoms with E-state index in [1.54, 1.807) is 14.2 Å².